The van der Waals surface area contributed by atoms with Gasteiger partial charge in [0.25, 0.3) is 5.91 Å². The lowest BCUT2D eigenvalue weighted by Gasteiger charge is -2.17. The fourth-order valence-electron chi connectivity index (χ4n) is 2.07. The van der Waals surface area contributed by atoms with Gasteiger partial charge in [0.1, 0.15) is 11.6 Å². The van der Waals surface area contributed by atoms with Gasteiger partial charge in [0.15, 0.2) is 6.10 Å². The van der Waals surface area contributed by atoms with E-state index < -0.39 is 6.10 Å². The maximum atomic E-state index is 12.2. The predicted octanol–water partition coefficient (Wildman–Crippen LogP) is 2.57. The Labute approximate surface area is 130 Å². The quantitative estimate of drug-likeness (QED) is 0.890. The third-order valence-corrected chi connectivity index (χ3v) is 3.21. The van der Waals surface area contributed by atoms with Crippen molar-refractivity contribution in [1.82, 2.24) is 15.3 Å². The number of rotatable bonds is 6. The summed E-state index contributed by atoms with van der Waals surface area (Å²) in [5.74, 6) is 1.26. The molecule has 1 unspecified atom stereocenters. The molecule has 0 spiro atoms. The van der Waals surface area contributed by atoms with E-state index in [1.807, 2.05) is 45.0 Å². The fourth-order valence-corrected chi connectivity index (χ4v) is 2.07. The summed E-state index contributed by atoms with van der Waals surface area (Å²) in [7, 11) is 0. The van der Waals surface area contributed by atoms with Crippen LogP contribution in [-0.4, -0.2) is 22.0 Å². The highest BCUT2D eigenvalue weighted by Crippen LogP contribution is 2.15. The highest BCUT2D eigenvalue weighted by Gasteiger charge is 2.18. The van der Waals surface area contributed by atoms with Crippen LogP contribution in [0, 0.1) is 13.8 Å². The molecule has 1 aromatic carbocycles. The first kappa shape index (κ1) is 15.9. The first-order valence-corrected chi connectivity index (χ1v) is 7.38. The summed E-state index contributed by atoms with van der Waals surface area (Å²) in [6, 6.07) is 9.47. The second-order valence-electron chi connectivity index (χ2n) is 5.14. The van der Waals surface area contributed by atoms with Gasteiger partial charge in [0.2, 0.25) is 0 Å². The van der Waals surface area contributed by atoms with E-state index in [2.05, 4.69) is 15.3 Å². The first-order chi connectivity index (χ1) is 10.6. The van der Waals surface area contributed by atoms with Crippen LogP contribution in [0.1, 0.15) is 30.4 Å². The second-order valence-corrected chi connectivity index (χ2v) is 5.14. The molecule has 0 aliphatic rings. The molecule has 5 heteroatoms. The lowest BCUT2D eigenvalue weighted by Crippen LogP contribution is -2.37. The van der Waals surface area contributed by atoms with E-state index in [9.17, 15) is 4.79 Å². The van der Waals surface area contributed by atoms with Gasteiger partial charge < -0.3 is 10.1 Å². The molecule has 0 aliphatic carbocycles. The molecule has 0 radical (unpaired) electrons. The van der Waals surface area contributed by atoms with Crippen molar-refractivity contribution in [2.75, 3.05) is 0 Å². The number of amides is 1. The van der Waals surface area contributed by atoms with E-state index in [0.717, 1.165) is 11.3 Å². The summed E-state index contributed by atoms with van der Waals surface area (Å²) in [6.45, 7) is 6.11. The lowest BCUT2D eigenvalue weighted by molar-refractivity contribution is -0.128. The number of nitrogens with zero attached hydrogens (tertiary/aromatic N) is 2. The average molecular weight is 299 g/mol. The molecule has 1 atom stereocenters. The Bertz CT molecular complexity index is 643. The number of ether oxygens (including phenoxy) is 1. The minimum atomic E-state index is -0.510. The van der Waals surface area contributed by atoms with Crippen LogP contribution >= 0.6 is 0 Å². The van der Waals surface area contributed by atoms with Gasteiger partial charge in [0.05, 0.1) is 12.2 Å². The molecule has 116 valence electrons. The van der Waals surface area contributed by atoms with Crippen molar-refractivity contribution in [3.05, 3.63) is 53.6 Å². The van der Waals surface area contributed by atoms with Crippen LogP contribution in [0.2, 0.25) is 0 Å². The molecule has 0 saturated carbocycles. The summed E-state index contributed by atoms with van der Waals surface area (Å²) in [5.41, 5.74) is 1.88. The summed E-state index contributed by atoms with van der Waals surface area (Å²) >= 11 is 0. The van der Waals surface area contributed by atoms with Crippen LogP contribution < -0.4 is 10.1 Å². The Balaban J connectivity index is 1.94. The van der Waals surface area contributed by atoms with Gasteiger partial charge in [-0.05, 0) is 44.0 Å². The van der Waals surface area contributed by atoms with Gasteiger partial charge in [-0.1, -0.05) is 19.1 Å². The SMILES string of the molecule is CCC(Oc1cccc(C)c1)C(=O)NCc1ccnc(C)n1. The van der Waals surface area contributed by atoms with E-state index >= 15 is 0 Å². The van der Waals surface area contributed by atoms with Crippen molar-refractivity contribution in [3.63, 3.8) is 0 Å². The zero-order chi connectivity index (χ0) is 15.9. The maximum absolute atomic E-state index is 12.2. The second kappa shape index (κ2) is 7.54. The van der Waals surface area contributed by atoms with Crippen molar-refractivity contribution in [2.24, 2.45) is 0 Å². The van der Waals surface area contributed by atoms with Crippen LogP contribution in [0.15, 0.2) is 36.5 Å². The largest absolute Gasteiger partial charge is 0.481 e. The van der Waals surface area contributed by atoms with Crippen molar-refractivity contribution < 1.29 is 9.53 Å². The van der Waals surface area contributed by atoms with Gasteiger partial charge in [-0.25, -0.2) is 9.97 Å². The molecule has 5 nitrogen and oxygen atoms in total. The third-order valence-electron chi connectivity index (χ3n) is 3.21. The number of aryl methyl sites for hydroxylation is 2. The molecule has 0 saturated heterocycles. The molecule has 1 N–H and O–H groups in total. The van der Waals surface area contributed by atoms with Crippen LogP contribution in [0.3, 0.4) is 0 Å². The predicted molar refractivity (Wildman–Crippen MR) is 84.5 cm³/mol. The normalized spacial score (nSPS) is 11.8. The maximum Gasteiger partial charge on any atom is 0.261 e. The Morgan fingerprint density at radius 1 is 1.32 bits per heavy atom. The molecule has 0 bridgehead atoms. The van der Waals surface area contributed by atoms with Crippen molar-refractivity contribution >= 4 is 5.91 Å². The molecule has 2 aromatic rings. The number of benzene rings is 1. The number of carbonyl (C=O) groups excluding carboxylic acids is 1. The van der Waals surface area contributed by atoms with E-state index in [0.29, 0.717) is 24.5 Å². The summed E-state index contributed by atoms with van der Waals surface area (Å²) in [6.07, 6.45) is 1.78. The Morgan fingerprint density at radius 2 is 2.14 bits per heavy atom. The number of hydrogen-bond donors (Lipinski definition) is 1. The van der Waals surface area contributed by atoms with E-state index in [1.165, 1.54) is 0 Å². The molecule has 1 aromatic heterocycles. The molecule has 1 heterocycles. The van der Waals surface area contributed by atoms with Gasteiger partial charge in [-0.2, -0.15) is 0 Å². The monoisotopic (exact) mass is 299 g/mol. The van der Waals surface area contributed by atoms with Gasteiger partial charge in [-0.3, -0.25) is 4.79 Å². The van der Waals surface area contributed by atoms with Crippen LogP contribution in [-0.2, 0) is 11.3 Å². The lowest BCUT2D eigenvalue weighted by atomic mass is 10.2. The van der Waals surface area contributed by atoms with E-state index in [-0.39, 0.29) is 5.91 Å². The Morgan fingerprint density at radius 3 is 2.82 bits per heavy atom. The Hall–Kier alpha value is -2.43. The first-order valence-electron chi connectivity index (χ1n) is 7.38. The zero-order valence-corrected chi connectivity index (χ0v) is 13.2. The topological polar surface area (TPSA) is 64.1 Å². The number of nitrogens with one attached hydrogen (secondary N) is 1. The fraction of sp³-hybridized carbons (Fsp3) is 0.353. The average Bonchev–Trinajstić information content (AvgIpc) is 2.50. The molecule has 2 rings (SSSR count). The summed E-state index contributed by atoms with van der Waals surface area (Å²) < 4.78 is 5.77. The van der Waals surface area contributed by atoms with Crippen LogP contribution in [0.25, 0.3) is 0 Å². The smallest absolute Gasteiger partial charge is 0.261 e. The van der Waals surface area contributed by atoms with E-state index in [1.54, 1.807) is 12.3 Å². The van der Waals surface area contributed by atoms with Crippen molar-refractivity contribution in [2.45, 2.75) is 39.8 Å². The zero-order valence-electron chi connectivity index (χ0n) is 13.2. The number of carbonyl (C=O) groups is 1. The molecule has 0 aliphatic heterocycles. The minimum Gasteiger partial charge on any atom is -0.481 e. The highest BCUT2D eigenvalue weighted by atomic mass is 16.5. The van der Waals surface area contributed by atoms with Crippen molar-refractivity contribution in [1.29, 1.82) is 0 Å². The molecule has 1 amide bonds. The van der Waals surface area contributed by atoms with E-state index in [4.69, 9.17) is 4.74 Å². The molecular formula is C17H21N3O2. The molecule has 22 heavy (non-hydrogen) atoms. The summed E-state index contributed by atoms with van der Waals surface area (Å²) in [4.78, 5) is 20.5. The van der Waals surface area contributed by atoms with Gasteiger partial charge in [-0.15, -0.1) is 0 Å². The number of aromatic nitrogens is 2. The van der Waals surface area contributed by atoms with Crippen LogP contribution in [0.5, 0.6) is 5.75 Å². The molecular weight excluding hydrogens is 278 g/mol. The minimum absolute atomic E-state index is 0.139. The van der Waals surface area contributed by atoms with Gasteiger partial charge in [0, 0.05) is 6.20 Å². The Kier molecular flexibility index (Phi) is 5.47. The van der Waals surface area contributed by atoms with Crippen LogP contribution in [0.4, 0.5) is 0 Å². The number of hydrogen-bond acceptors (Lipinski definition) is 4. The van der Waals surface area contributed by atoms with Crippen molar-refractivity contribution in [3.8, 4) is 5.75 Å². The summed E-state index contributed by atoms with van der Waals surface area (Å²) in [5, 5.41) is 2.86. The molecule has 0 fully saturated rings. The third kappa shape index (κ3) is 4.55. The standard InChI is InChI=1S/C17H21N3O2/c1-4-16(22-15-7-5-6-12(2)10-15)17(21)19-11-14-8-9-18-13(3)20-14/h5-10,16H,4,11H2,1-3H3,(H,19,21). The highest BCUT2D eigenvalue weighted by molar-refractivity contribution is 5.81. The van der Waals surface area contributed by atoms with Gasteiger partial charge >= 0.3 is 0 Å².